The predicted molar refractivity (Wildman–Crippen MR) is 134 cm³/mol. The molecule has 0 radical (unpaired) electrons. The molecule has 4 rings (SSSR count). The maximum absolute atomic E-state index is 12.2. The lowest BCUT2D eigenvalue weighted by atomic mass is 10.1. The standard InChI is InChI=1S/C24H25N7O2S/c1-3-34(25,33)21-10-8-20(9-11-21)29-24-26-13-19(23(30-24)28-16(2)15-32)7-5-17-4-6-18-14-27-31-22(18)12-17/h4,6,8-14,16,25,32H,3,15H2,1-2H3,(H,27,31)(H2,26,28,29,30)/t16-,34?/m1/s1. The molecule has 0 amide bonds. The van der Waals surface area contributed by atoms with Gasteiger partial charge in [-0.25, -0.2) is 14.0 Å². The van der Waals surface area contributed by atoms with Crippen LogP contribution in [0.15, 0.2) is 59.8 Å². The number of H-pyrrole nitrogens is 1. The number of aliphatic hydroxyl groups is 1. The average molecular weight is 476 g/mol. The number of aliphatic hydroxyl groups excluding tert-OH is 1. The van der Waals surface area contributed by atoms with Crippen molar-refractivity contribution in [3.05, 3.63) is 66.0 Å². The summed E-state index contributed by atoms with van der Waals surface area (Å²) in [5.74, 6) is 7.32. The first-order chi connectivity index (χ1) is 16.4. The van der Waals surface area contributed by atoms with E-state index in [1.165, 1.54) is 0 Å². The third-order valence-corrected chi connectivity index (χ3v) is 6.97. The van der Waals surface area contributed by atoms with Crippen molar-refractivity contribution in [1.29, 1.82) is 4.78 Å². The van der Waals surface area contributed by atoms with Crippen molar-refractivity contribution in [2.45, 2.75) is 24.8 Å². The molecule has 5 N–H and O–H groups in total. The minimum Gasteiger partial charge on any atom is -0.394 e. The molecule has 2 atom stereocenters. The van der Waals surface area contributed by atoms with E-state index in [9.17, 15) is 9.32 Å². The van der Waals surface area contributed by atoms with E-state index < -0.39 is 9.73 Å². The molecule has 10 heteroatoms. The van der Waals surface area contributed by atoms with Gasteiger partial charge in [-0.2, -0.15) is 10.1 Å². The van der Waals surface area contributed by atoms with Crippen LogP contribution < -0.4 is 10.6 Å². The van der Waals surface area contributed by atoms with Crippen molar-refractivity contribution < 1.29 is 9.32 Å². The molecule has 0 saturated carbocycles. The number of anilines is 3. The van der Waals surface area contributed by atoms with Crippen LogP contribution in [0.1, 0.15) is 25.0 Å². The first-order valence-corrected chi connectivity index (χ1v) is 12.4. The Morgan fingerprint density at radius 2 is 1.97 bits per heavy atom. The minimum atomic E-state index is -2.77. The van der Waals surface area contributed by atoms with Crippen LogP contribution in [0.5, 0.6) is 0 Å². The van der Waals surface area contributed by atoms with Crippen LogP contribution >= 0.6 is 0 Å². The average Bonchev–Trinajstić information content (AvgIpc) is 3.32. The van der Waals surface area contributed by atoms with E-state index in [1.54, 1.807) is 43.6 Å². The second-order valence-electron chi connectivity index (χ2n) is 7.72. The number of rotatable bonds is 7. The van der Waals surface area contributed by atoms with Gasteiger partial charge in [-0.3, -0.25) is 5.10 Å². The lowest BCUT2D eigenvalue weighted by molar-refractivity contribution is 0.281. The second-order valence-corrected chi connectivity index (χ2v) is 10.1. The zero-order valence-electron chi connectivity index (χ0n) is 18.8. The number of nitrogens with zero attached hydrogens (tertiary/aromatic N) is 3. The first kappa shape index (κ1) is 23.2. The molecule has 2 heterocycles. The van der Waals surface area contributed by atoms with Crippen molar-refractivity contribution >= 4 is 38.1 Å². The van der Waals surface area contributed by atoms with Crippen molar-refractivity contribution in [2.75, 3.05) is 23.0 Å². The van der Waals surface area contributed by atoms with Crippen molar-refractivity contribution in [3.8, 4) is 11.8 Å². The highest BCUT2D eigenvalue weighted by atomic mass is 32.2. The molecule has 0 aliphatic heterocycles. The summed E-state index contributed by atoms with van der Waals surface area (Å²) < 4.78 is 20.1. The van der Waals surface area contributed by atoms with Crippen LogP contribution in [0.2, 0.25) is 0 Å². The van der Waals surface area contributed by atoms with Crippen LogP contribution in [0, 0.1) is 16.6 Å². The van der Waals surface area contributed by atoms with Crippen molar-refractivity contribution in [3.63, 3.8) is 0 Å². The van der Waals surface area contributed by atoms with Crippen LogP contribution in [-0.4, -0.2) is 47.9 Å². The predicted octanol–water partition coefficient (Wildman–Crippen LogP) is 3.71. The summed E-state index contributed by atoms with van der Waals surface area (Å²) in [5.41, 5.74) is 3.00. The molecule has 174 valence electrons. The molecule has 0 saturated heterocycles. The Morgan fingerprint density at radius 3 is 2.71 bits per heavy atom. The molecule has 9 nitrogen and oxygen atoms in total. The van der Waals surface area contributed by atoms with Crippen molar-refractivity contribution in [1.82, 2.24) is 20.2 Å². The van der Waals surface area contributed by atoms with Gasteiger partial charge < -0.3 is 15.7 Å². The van der Waals surface area contributed by atoms with Gasteiger partial charge in [0.2, 0.25) is 5.95 Å². The maximum atomic E-state index is 12.2. The Morgan fingerprint density at radius 1 is 1.18 bits per heavy atom. The van der Waals surface area contributed by atoms with Crippen LogP contribution in [-0.2, 0) is 9.73 Å². The summed E-state index contributed by atoms with van der Waals surface area (Å²) in [7, 11) is -2.77. The largest absolute Gasteiger partial charge is 0.394 e. The first-order valence-electron chi connectivity index (χ1n) is 10.7. The van der Waals surface area contributed by atoms with E-state index in [4.69, 9.17) is 4.78 Å². The van der Waals surface area contributed by atoms with E-state index in [2.05, 4.69) is 42.6 Å². The normalized spacial score (nSPS) is 13.5. The third-order valence-electron chi connectivity index (χ3n) is 5.13. The summed E-state index contributed by atoms with van der Waals surface area (Å²) in [4.78, 5) is 9.40. The van der Waals surface area contributed by atoms with E-state index >= 15 is 0 Å². The molecular formula is C24H25N7O2S. The molecule has 0 aliphatic rings. The van der Waals surface area contributed by atoms with E-state index in [0.29, 0.717) is 27.9 Å². The fraction of sp³-hybridized carbons (Fsp3) is 0.208. The van der Waals surface area contributed by atoms with E-state index in [-0.39, 0.29) is 18.4 Å². The van der Waals surface area contributed by atoms with Gasteiger partial charge in [-0.15, -0.1) is 0 Å². The van der Waals surface area contributed by atoms with Gasteiger partial charge in [0.1, 0.15) is 5.82 Å². The fourth-order valence-corrected chi connectivity index (χ4v) is 4.04. The monoisotopic (exact) mass is 475 g/mol. The second kappa shape index (κ2) is 9.91. The Hall–Kier alpha value is -3.94. The Labute approximate surface area is 198 Å². The number of aromatic nitrogens is 4. The van der Waals surface area contributed by atoms with Crippen LogP contribution in [0.25, 0.3) is 10.9 Å². The summed E-state index contributed by atoms with van der Waals surface area (Å²) in [5, 5.41) is 23.7. The molecule has 1 unspecified atom stereocenters. The van der Waals surface area contributed by atoms with Gasteiger partial charge in [-0.05, 0) is 49.4 Å². The van der Waals surface area contributed by atoms with Crippen molar-refractivity contribution in [2.24, 2.45) is 0 Å². The molecule has 0 fully saturated rings. The summed E-state index contributed by atoms with van der Waals surface area (Å²) >= 11 is 0. The third kappa shape index (κ3) is 5.33. The number of nitrogens with one attached hydrogen (secondary N) is 4. The zero-order valence-corrected chi connectivity index (χ0v) is 19.6. The van der Waals surface area contributed by atoms with Gasteiger partial charge in [0.05, 0.1) is 39.8 Å². The summed E-state index contributed by atoms with van der Waals surface area (Å²) in [6.45, 7) is 3.50. The maximum Gasteiger partial charge on any atom is 0.229 e. The molecule has 0 bridgehead atoms. The molecule has 34 heavy (non-hydrogen) atoms. The molecule has 0 spiro atoms. The Balaban J connectivity index is 1.60. The molecule has 0 aliphatic carbocycles. The lowest BCUT2D eigenvalue weighted by Crippen LogP contribution is -2.21. The lowest BCUT2D eigenvalue weighted by Gasteiger charge is -2.14. The summed E-state index contributed by atoms with van der Waals surface area (Å²) in [6.07, 6.45) is 3.37. The highest BCUT2D eigenvalue weighted by molar-refractivity contribution is 7.92. The van der Waals surface area contributed by atoms with Crippen LogP contribution in [0.3, 0.4) is 0 Å². The SMILES string of the molecule is CCS(=N)(=O)c1ccc(Nc2ncc(C#Cc3ccc4cn[nH]c4c3)c(N[C@H](C)CO)n2)cc1. The zero-order chi connectivity index (χ0) is 24.1. The number of hydrogen-bond acceptors (Lipinski definition) is 8. The summed E-state index contributed by atoms with van der Waals surface area (Å²) in [6, 6.07) is 12.4. The minimum absolute atomic E-state index is 0.0680. The van der Waals surface area contributed by atoms with Crippen LogP contribution in [0.4, 0.5) is 17.5 Å². The fourth-order valence-electron chi connectivity index (χ4n) is 3.13. The quantitative estimate of drug-likeness (QED) is 0.257. The number of aromatic amines is 1. The highest BCUT2D eigenvalue weighted by Crippen LogP contribution is 2.21. The molecular weight excluding hydrogens is 450 g/mol. The smallest absolute Gasteiger partial charge is 0.229 e. The van der Waals surface area contributed by atoms with Gasteiger partial charge in [0.25, 0.3) is 0 Å². The van der Waals surface area contributed by atoms with Gasteiger partial charge in [-0.1, -0.05) is 18.8 Å². The molecule has 2 aromatic heterocycles. The van der Waals surface area contributed by atoms with E-state index in [0.717, 1.165) is 16.5 Å². The topological polar surface area (TPSA) is 140 Å². The highest BCUT2D eigenvalue weighted by Gasteiger charge is 2.11. The van der Waals surface area contributed by atoms with Gasteiger partial charge >= 0.3 is 0 Å². The molecule has 2 aromatic carbocycles. The van der Waals surface area contributed by atoms with Gasteiger partial charge in [0, 0.05) is 33.3 Å². The van der Waals surface area contributed by atoms with Gasteiger partial charge in [0.15, 0.2) is 0 Å². The Kier molecular flexibility index (Phi) is 6.77. The number of benzene rings is 2. The Bertz CT molecular complexity index is 1470. The molecule has 4 aromatic rings. The van der Waals surface area contributed by atoms with E-state index in [1.807, 2.05) is 25.1 Å². The number of hydrogen-bond donors (Lipinski definition) is 5. The number of fused-ring (bicyclic) bond motifs is 1.